The van der Waals surface area contributed by atoms with Gasteiger partial charge in [0.15, 0.2) is 5.78 Å². The number of primary amides is 1. The molecule has 0 spiro atoms. The fraction of sp³-hybridized carbons (Fsp3) is 0.478. The quantitative estimate of drug-likeness (QED) is 0.483. The fourth-order valence-corrected chi connectivity index (χ4v) is 5.87. The Kier molecular flexibility index (Phi) is 4.62. The van der Waals surface area contributed by atoms with Gasteiger partial charge in [-0.05, 0) is 55.7 Å². The van der Waals surface area contributed by atoms with E-state index in [9.17, 15) is 30.0 Å². The van der Waals surface area contributed by atoms with E-state index < -0.39 is 29.1 Å². The van der Waals surface area contributed by atoms with Gasteiger partial charge < -0.3 is 31.1 Å². The van der Waals surface area contributed by atoms with Gasteiger partial charge in [0.2, 0.25) is 0 Å². The smallest absolute Gasteiger partial charge is 0.250 e. The summed E-state index contributed by atoms with van der Waals surface area (Å²) < 4.78 is 0. The van der Waals surface area contributed by atoms with E-state index in [1.165, 1.54) is 6.92 Å². The molecule has 4 atom stereocenters. The van der Waals surface area contributed by atoms with Gasteiger partial charge in [-0.1, -0.05) is 0 Å². The molecule has 0 bridgehead atoms. The average Bonchev–Trinajstić information content (AvgIpc) is 2.62. The highest BCUT2D eigenvalue weighted by Gasteiger charge is 2.57. The normalized spacial score (nSPS) is 30.0. The number of aliphatic hydroxyl groups is 3. The van der Waals surface area contributed by atoms with Gasteiger partial charge in [-0.3, -0.25) is 9.59 Å². The van der Waals surface area contributed by atoms with Crippen molar-refractivity contribution in [3.8, 4) is 5.75 Å². The topological polar surface area (TPSA) is 144 Å². The van der Waals surface area contributed by atoms with Crippen LogP contribution in [0.4, 0.5) is 5.69 Å². The molecule has 31 heavy (non-hydrogen) atoms. The van der Waals surface area contributed by atoms with Crippen LogP contribution in [0.25, 0.3) is 5.76 Å². The van der Waals surface area contributed by atoms with Gasteiger partial charge in [-0.15, -0.1) is 0 Å². The number of benzene rings is 1. The summed E-state index contributed by atoms with van der Waals surface area (Å²) in [5.74, 6) is -3.88. The minimum atomic E-state index is -1.96. The first-order valence-corrected chi connectivity index (χ1v) is 10.3. The summed E-state index contributed by atoms with van der Waals surface area (Å²) in [4.78, 5) is 27.4. The number of aromatic hydroxyl groups is 1. The average molecular weight is 428 g/mol. The first-order valence-electron chi connectivity index (χ1n) is 10.3. The Morgan fingerprint density at radius 2 is 1.87 bits per heavy atom. The number of hydrogen-bond donors (Lipinski definition) is 5. The summed E-state index contributed by atoms with van der Waals surface area (Å²) in [6.07, 6.45) is 0.922. The highest BCUT2D eigenvalue weighted by Crippen LogP contribution is 2.54. The van der Waals surface area contributed by atoms with E-state index >= 15 is 0 Å². The predicted octanol–water partition coefficient (Wildman–Crippen LogP) is 1.87. The van der Waals surface area contributed by atoms with E-state index in [1.807, 2.05) is 25.1 Å². The Hall–Kier alpha value is -3.00. The number of hydrogen-bond acceptors (Lipinski definition) is 7. The SMILES string of the molecule is Cc1cc(N(C)C)c2c(c1O)C(O)=C1C(=O)C3C(CC(O)=C(C(N)=O)C3(C)O)CC1C2. The molecule has 1 fully saturated rings. The number of carbonyl (C=O) groups excluding carboxylic acids is 2. The third-order valence-electron chi connectivity index (χ3n) is 7.12. The Bertz CT molecular complexity index is 1080. The summed E-state index contributed by atoms with van der Waals surface area (Å²) in [6, 6.07) is 1.85. The summed E-state index contributed by atoms with van der Waals surface area (Å²) in [6.45, 7) is 3.03. The minimum Gasteiger partial charge on any atom is -0.512 e. The van der Waals surface area contributed by atoms with E-state index in [1.54, 1.807) is 6.92 Å². The molecule has 4 unspecified atom stereocenters. The minimum absolute atomic E-state index is 0.0575. The van der Waals surface area contributed by atoms with Crippen LogP contribution < -0.4 is 10.6 Å². The number of aliphatic hydroxyl groups excluding tert-OH is 2. The molecule has 0 radical (unpaired) electrons. The maximum atomic E-state index is 13.6. The van der Waals surface area contributed by atoms with Crippen molar-refractivity contribution in [2.45, 2.75) is 38.7 Å². The van der Waals surface area contributed by atoms with E-state index in [-0.39, 0.29) is 46.3 Å². The van der Waals surface area contributed by atoms with Crippen molar-refractivity contribution in [2.75, 3.05) is 19.0 Å². The van der Waals surface area contributed by atoms with Crippen LogP contribution in [0.15, 0.2) is 23.0 Å². The van der Waals surface area contributed by atoms with Crippen LogP contribution in [0.5, 0.6) is 5.75 Å². The largest absolute Gasteiger partial charge is 0.512 e. The zero-order chi connectivity index (χ0) is 23.0. The van der Waals surface area contributed by atoms with Crippen molar-refractivity contribution in [1.29, 1.82) is 0 Å². The molecular formula is C23H28N2O6. The van der Waals surface area contributed by atoms with E-state index in [0.29, 0.717) is 18.4 Å². The van der Waals surface area contributed by atoms with Crippen LogP contribution in [0.2, 0.25) is 0 Å². The number of Topliss-reactive ketones (excluding diaryl/α,β-unsaturated/α-hetero) is 1. The van der Waals surface area contributed by atoms with E-state index in [0.717, 1.165) is 11.3 Å². The summed E-state index contributed by atoms with van der Waals surface area (Å²) in [5.41, 5.74) is 5.63. The predicted molar refractivity (Wildman–Crippen MR) is 115 cm³/mol. The van der Waals surface area contributed by atoms with Crippen molar-refractivity contribution in [3.05, 3.63) is 39.7 Å². The summed E-state index contributed by atoms with van der Waals surface area (Å²) >= 11 is 0. The molecule has 1 aromatic rings. The van der Waals surface area contributed by atoms with Crippen LogP contribution in [0.1, 0.15) is 36.5 Å². The Morgan fingerprint density at radius 1 is 1.23 bits per heavy atom. The van der Waals surface area contributed by atoms with Crippen LogP contribution in [0, 0.1) is 24.7 Å². The van der Waals surface area contributed by atoms with Gasteiger partial charge in [-0.25, -0.2) is 0 Å². The lowest BCUT2D eigenvalue weighted by atomic mass is 9.57. The maximum Gasteiger partial charge on any atom is 0.250 e. The number of allylic oxidation sites excluding steroid dienone is 2. The second kappa shape index (κ2) is 6.75. The van der Waals surface area contributed by atoms with Crippen molar-refractivity contribution in [3.63, 3.8) is 0 Å². The molecule has 166 valence electrons. The number of aryl methyl sites for hydroxylation is 1. The molecule has 3 aliphatic rings. The van der Waals surface area contributed by atoms with Crippen LogP contribution in [0.3, 0.4) is 0 Å². The van der Waals surface area contributed by atoms with Crippen molar-refractivity contribution < 1.29 is 30.0 Å². The molecule has 0 saturated heterocycles. The van der Waals surface area contributed by atoms with Gasteiger partial charge in [0.25, 0.3) is 5.91 Å². The molecule has 6 N–H and O–H groups in total. The van der Waals surface area contributed by atoms with Gasteiger partial charge in [-0.2, -0.15) is 0 Å². The number of phenolic OH excluding ortho intramolecular Hbond substituents is 1. The van der Waals surface area contributed by atoms with Crippen molar-refractivity contribution in [2.24, 2.45) is 23.5 Å². The molecule has 0 aliphatic heterocycles. The molecule has 1 amide bonds. The summed E-state index contributed by atoms with van der Waals surface area (Å²) in [5, 5.41) is 43.4. The Morgan fingerprint density at radius 3 is 2.45 bits per heavy atom. The van der Waals surface area contributed by atoms with Crippen LogP contribution >= 0.6 is 0 Å². The lowest BCUT2D eigenvalue weighted by Crippen LogP contribution is -2.55. The molecular weight excluding hydrogens is 400 g/mol. The molecule has 0 aromatic heterocycles. The number of rotatable bonds is 2. The Labute approximate surface area is 180 Å². The van der Waals surface area contributed by atoms with Crippen LogP contribution in [-0.4, -0.2) is 51.8 Å². The number of nitrogens with zero attached hydrogens (tertiary/aromatic N) is 1. The van der Waals surface area contributed by atoms with Gasteiger partial charge >= 0.3 is 0 Å². The number of phenols is 1. The molecule has 1 aromatic carbocycles. The first-order chi connectivity index (χ1) is 14.4. The number of carbonyl (C=O) groups is 2. The number of nitrogens with two attached hydrogens (primary N) is 1. The molecule has 1 saturated carbocycles. The number of fused-ring (bicyclic) bond motifs is 3. The standard InChI is InChI=1S/C23H28N2O6/c1-9-5-13(25(3)4)12-7-10-6-11-8-14(26)18(22(24)30)23(2,31)17(11)21(29)15(10)20(28)16(12)19(9)27/h5,10-11,17,26-28,31H,6-8H2,1-4H3,(H2,24,30). The fourth-order valence-electron chi connectivity index (χ4n) is 5.87. The van der Waals surface area contributed by atoms with Gasteiger partial charge in [0.1, 0.15) is 22.9 Å². The van der Waals surface area contributed by atoms with E-state index in [4.69, 9.17) is 5.73 Å². The highest BCUT2D eigenvalue weighted by atomic mass is 16.3. The van der Waals surface area contributed by atoms with Gasteiger partial charge in [0, 0.05) is 31.8 Å². The maximum absolute atomic E-state index is 13.6. The second-order valence-corrected chi connectivity index (χ2v) is 9.35. The van der Waals surface area contributed by atoms with Crippen LogP contribution in [-0.2, 0) is 16.0 Å². The summed E-state index contributed by atoms with van der Waals surface area (Å²) in [7, 11) is 3.74. The third kappa shape index (κ3) is 2.85. The van der Waals surface area contributed by atoms with Crippen molar-refractivity contribution in [1.82, 2.24) is 0 Å². The number of amides is 1. The molecule has 3 aliphatic carbocycles. The monoisotopic (exact) mass is 428 g/mol. The molecule has 8 nitrogen and oxygen atoms in total. The molecule has 0 heterocycles. The number of ketones is 1. The molecule has 4 rings (SSSR count). The van der Waals surface area contributed by atoms with Crippen molar-refractivity contribution >= 4 is 23.1 Å². The lowest BCUT2D eigenvalue weighted by Gasteiger charge is -2.48. The zero-order valence-electron chi connectivity index (χ0n) is 18.1. The lowest BCUT2D eigenvalue weighted by molar-refractivity contribution is -0.136. The first kappa shape index (κ1) is 21.2. The van der Waals surface area contributed by atoms with Gasteiger partial charge in [0.05, 0.1) is 17.1 Å². The number of anilines is 1. The molecule has 8 heteroatoms. The highest BCUT2D eigenvalue weighted by molar-refractivity contribution is 6.08. The van der Waals surface area contributed by atoms with E-state index in [2.05, 4.69) is 0 Å². The zero-order valence-corrected chi connectivity index (χ0v) is 18.1. The second-order valence-electron chi connectivity index (χ2n) is 9.35. The third-order valence-corrected chi connectivity index (χ3v) is 7.12. The Balaban J connectivity index is 1.91.